The summed E-state index contributed by atoms with van der Waals surface area (Å²) in [4.78, 5) is 9.61. The Hall–Kier alpha value is -0.420. The smallest absolute Gasteiger partial charge is 0.144 e. The fourth-order valence-electron chi connectivity index (χ4n) is 2.38. The lowest BCUT2D eigenvalue weighted by Gasteiger charge is -2.30. The van der Waals surface area contributed by atoms with Crippen LogP contribution in [0.2, 0.25) is 0 Å². The van der Waals surface area contributed by atoms with Gasteiger partial charge in [0, 0.05) is 34.6 Å². The average molecular weight is 326 g/mol. The van der Waals surface area contributed by atoms with Crippen molar-refractivity contribution in [2.24, 2.45) is 5.92 Å². The number of thioether (sulfide) groups is 2. The zero-order valence-corrected chi connectivity index (χ0v) is 15.4. The van der Waals surface area contributed by atoms with Crippen molar-refractivity contribution in [3.63, 3.8) is 0 Å². The lowest BCUT2D eigenvalue weighted by Crippen LogP contribution is -2.23. The number of nitrogens with one attached hydrogen (secondary N) is 1. The Balaban J connectivity index is 2.22. The van der Waals surface area contributed by atoms with Crippen LogP contribution in [0.5, 0.6) is 0 Å². The average Bonchev–Trinajstić information content (AvgIpc) is 2.41. The first kappa shape index (κ1) is 16.9. The van der Waals surface area contributed by atoms with Crippen LogP contribution in [0.25, 0.3) is 0 Å². The number of anilines is 1. The van der Waals surface area contributed by atoms with E-state index < -0.39 is 0 Å². The fraction of sp³-hybridized carbons (Fsp3) is 0.750. The highest BCUT2D eigenvalue weighted by Gasteiger charge is 2.29. The van der Waals surface area contributed by atoms with E-state index in [1.165, 1.54) is 5.69 Å². The molecule has 1 aliphatic heterocycles. The number of aromatic nitrogens is 2. The van der Waals surface area contributed by atoms with Crippen molar-refractivity contribution in [1.29, 1.82) is 0 Å². The summed E-state index contributed by atoms with van der Waals surface area (Å²) >= 11 is 4.08. The molecule has 0 bridgehead atoms. The third-order valence-electron chi connectivity index (χ3n) is 3.61. The number of rotatable bonds is 5. The lowest BCUT2D eigenvalue weighted by atomic mass is 10.1. The van der Waals surface area contributed by atoms with Crippen LogP contribution in [0.15, 0.2) is 6.07 Å². The van der Waals surface area contributed by atoms with Crippen molar-refractivity contribution in [2.45, 2.75) is 56.8 Å². The van der Waals surface area contributed by atoms with E-state index in [2.05, 4.69) is 46.0 Å². The fourth-order valence-corrected chi connectivity index (χ4v) is 5.22. The summed E-state index contributed by atoms with van der Waals surface area (Å²) in [6.45, 7) is 12.1. The van der Waals surface area contributed by atoms with Gasteiger partial charge in [-0.3, -0.25) is 0 Å². The van der Waals surface area contributed by atoms with Gasteiger partial charge in [-0.05, 0) is 19.3 Å². The lowest BCUT2D eigenvalue weighted by molar-refractivity contribution is 0.630. The summed E-state index contributed by atoms with van der Waals surface area (Å²) in [5.74, 6) is 3.73. The zero-order chi connectivity index (χ0) is 15.4. The Labute approximate surface area is 137 Å². The zero-order valence-electron chi connectivity index (χ0n) is 13.7. The van der Waals surface area contributed by atoms with E-state index in [0.29, 0.717) is 16.4 Å². The summed E-state index contributed by atoms with van der Waals surface area (Å²) in [5.41, 5.74) is 1.17. The summed E-state index contributed by atoms with van der Waals surface area (Å²) in [6, 6.07) is 2.11. The molecular weight excluding hydrogens is 298 g/mol. The molecule has 118 valence electrons. The minimum Gasteiger partial charge on any atom is -0.370 e. The number of hydrogen-bond acceptors (Lipinski definition) is 5. The minimum absolute atomic E-state index is 0.422. The van der Waals surface area contributed by atoms with Gasteiger partial charge in [0.15, 0.2) is 0 Å². The molecule has 5 heteroatoms. The molecule has 0 spiro atoms. The predicted molar refractivity (Wildman–Crippen MR) is 96.5 cm³/mol. The summed E-state index contributed by atoms with van der Waals surface area (Å²) in [5, 5.41) is 5.16. The van der Waals surface area contributed by atoms with Crippen LogP contribution in [-0.2, 0) is 6.42 Å². The van der Waals surface area contributed by atoms with Gasteiger partial charge >= 0.3 is 0 Å². The molecular formula is C16H27N3S2. The van der Waals surface area contributed by atoms with E-state index in [1.54, 1.807) is 0 Å². The van der Waals surface area contributed by atoms with Crippen molar-refractivity contribution < 1.29 is 0 Å². The van der Waals surface area contributed by atoms with Gasteiger partial charge in [-0.25, -0.2) is 9.97 Å². The molecule has 3 atom stereocenters. The Kier molecular flexibility index (Phi) is 6.23. The molecule has 1 aromatic rings. The van der Waals surface area contributed by atoms with Crippen molar-refractivity contribution >= 4 is 29.3 Å². The van der Waals surface area contributed by atoms with Crippen molar-refractivity contribution in [3.8, 4) is 0 Å². The highest BCUT2D eigenvalue weighted by molar-refractivity contribution is 8.07. The molecule has 1 saturated heterocycles. The van der Waals surface area contributed by atoms with Gasteiger partial charge in [-0.15, -0.1) is 11.8 Å². The Bertz CT molecular complexity index is 465. The largest absolute Gasteiger partial charge is 0.370 e. The molecule has 1 aliphatic rings. The summed E-state index contributed by atoms with van der Waals surface area (Å²) < 4.78 is 0. The van der Waals surface area contributed by atoms with E-state index in [4.69, 9.17) is 9.97 Å². The molecule has 0 radical (unpaired) electrons. The van der Waals surface area contributed by atoms with Crippen LogP contribution < -0.4 is 5.32 Å². The Morgan fingerprint density at radius 3 is 2.67 bits per heavy atom. The molecule has 3 nitrogen and oxygen atoms in total. The van der Waals surface area contributed by atoms with Gasteiger partial charge in [-0.2, -0.15) is 11.8 Å². The highest BCUT2D eigenvalue weighted by atomic mass is 32.2. The third-order valence-corrected chi connectivity index (χ3v) is 7.00. The van der Waals surface area contributed by atoms with E-state index in [1.807, 2.05) is 23.5 Å². The van der Waals surface area contributed by atoms with Gasteiger partial charge in [-0.1, -0.05) is 27.7 Å². The molecule has 1 N–H and O–H groups in total. The van der Waals surface area contributed by atoms with Gasteiger partial charge < -0.3 is 5.32 Å². The first-order valence-electron chi connectivity index (χ1n) is 7.88. The van der Waals surface area contributed by atoms with Gasteiger partial charge in [0.25, 0.3) is 0 Å². The molecule has 21 heavy (non-hydrogen) atoms. The molecule has 0 aliphatic carbocycles. The molecule has 1 fully saturated rings. The monoisotopic (exact) mass is 325 g/mol. The third kappa shape index (κ3) is 4.78. The maximum atomic E-state index is 4.85. The van der Waals surface area contributed by atoms with E-state index in [-0.39, 0.29) is 0 Å². The second-order valence-electron chi connectivity index (χ2n) is 6.10. The van der Waals surface area contributed by atoms with Crippen LogP contribution in [0.1, 0.15) is 51.4 Å². The number of nitrogens with zero attached hydrogens (tertiary/aromatic N) is 2. The van der Waals surface area contributed by atoms with Crippen LogP contribution in [0.4, 0.5) is 5.82 Å². The first-order valence-corrected chi connectivity index (χ1v) is 9.87. The van der Waals surface area contributed by atoms with Gasteiger partial charge in [0.2, 0.25) is 0 Å². The van der Waals surface area contributed by atoms with Gasteiger partial charge in [0.1, 0.15) is 11.6 Å². The highest BCUT2D eigenvalue weighted by Crippen LogP contribution is 2.43. The van der Waals surface area contributed by atoms with Crippen molar-refractivity contribution in [1.82, 2.24) is 9.97 Å². The standard InChI is InChI=1S/C16H27N3S2/c1-6-17-15-8-13(7-10(2)3)18-16(19-15)14-9-20-11(4)12(5)21-14/h8,10-12,14H,6-7,9H2,1-5H3,(H,17,18,19). The van der Waals surface area contributed by atoms with E-state index in [9.17, 15) is 0 Å². The van der Waals surface area contributed by atoms with Crippen molar-refractivity contribution in [3.05, 3.63) is 17.6 Å². The minimum atomic E-state index is 0.422. The Morgan fingerprint density at radius 1 is 1.29 bits per heavy atom. The van der Waals surface area contributed by atoms with E-state index >= 15 is 0 Å². The molecule has 1 aromatic heterocycles. The van der Waals surface area contributed by atoms with Crippen LogP contribution in [-0.4, -0.2) is 32.8 Å². The molecule has 2 heterocycles. The molecule has 0 amide bonds. The van der Waals surface area contributed by atoms with Crippen LogP contribution in [0, 0.1) is 5.92 Å². The first-order chi connectivity index (χ1) is 9.99. The maximum Gasteiger partial charge on any atom is 0.144 e. The molecule has 0 aromatic carbocycles. The summed E-state index contributed by atoms with van der Waals surface area (Å²) in [6.07, 6.45) is 1.02. The van der Waals surface area contributed by atoms with Crippen LogP contribution >= 0.6 is 23.5 Å². The number of hydrogen-bond donors (Lipinski definition) is 1. The topological polar surface area (TPSA) is 37.8 Å². The quantitative estimate of drug-likeness (QED) is 0.868. The van der Waals surface area contributed by atoms with Crippen LogP contribution in [0.3, 0.4) is 0 Å². The molecule has 0 saturated carbocycles. The summed E-state index contributed by atoms with van der Waals surface area (Å²) in [7, 11) is 0. The predicted octanol–water partition coefficient (Wildman–Crippen LogP) is 4.41. The van der Waals surface area contributed by atoms with Crippen molar-refractivity contribution in [2.75, 3.05) is 17.6 Å². The van der Waals surface area contributed by atoms with Gasteiger partial charge in [0.05, 0.1) is 5.25 Å². The normalized spacial score (nSPS) is 26.1. The SMILES string of the molecule is CCNc1cc(CC(C)C)nc(C2CSC(C)C(C)S2)n1. The second kappa shape index (κ2) is 7.73. The second-order valence-corrected chi connectivity index (χ2v) is 9.09. The van der Waals surface area contributed by atoms with E-state index in [0.717, 1.165) is 35.6 Å². The molecule has 3 unspecified atom stereocenters. The maximum absolute atomic E-state index is 4.85. The molecule has 2 rings (SSSR count). The Morgan fingerprint density at radius 2 is 2.05 bits per heavy atom.